The number of hydrogen-bond acceptors (Lipinski definition) is 1. The molecule has 0 heterocycles. The molecule has 0 aromatic rings. The summed E-state index contributed by atoms with van der Waals surface area (Å²) in [6.07, 6.45) is 4.00. The van der Waals surface area contributed by atoms with Crippen LogP contribution in [0.5, 0.6) is 0 Å². The van der Waals surface area contributed by atoms with Gasteiger partial charge in [0.05, 0.1) is 6.61 Å². The van der Waals surface area contributed by atoms with E-state index in [4.69, 9.17) is 4.74 Å². The van der Waals surface area contributed by atoms with E-state index in [1.165, 1.54) is 6.42 Å². The lowest BCUT2D eigenvalue weighted by atomic mass is 10.3. The molecule has 0 bridgehead atoms. The lowest BCUT2D eigenvalue weighted by Crippen LogP contribution is -1.97. The van der Waals surface area contributed by atoms with Gasteiger partial charge in [-0.25, -0.2) is 5.11 Å². The topological polar surface area (TPSA) is 29.1 Å². The summed E-state index contributed by atoms with van der Waals surface area (Å²) in [5.41, 5.74) is 0. The maximum Gasteiger partial charge on any atom is 0.0823 e. The fourth-order valence-electron chi connectivity index (χ4n) is 0.655. The number of unbranched alkanes of at least 4 members (excludes halogenated alkanes) is 2. The molecule has 0 aliphatic carbocycles. The van der Waals surface area contributed by atoms with Crippen LogP contribution in [0.4, 0.5) is 0 Å². The molecule has 0 N–H and O–H groups in total. The quantitative estimate of drug-likeness (QED) is 0.504. The Kier molecular flexibility index (Phi) is 8.85. The van der Waals surface area contributed by atoms with Crippen molar-refractivity contribution in [2.75, 3.05) is 19.8 Å². The van der Waals surface area contributed by atoms with Crippen molar-refractivity contribution < 1.29 is 9.84 Å². The first-order valence-corrected chi connectivity index (χ1v) is 4.07. The van der Waals surface area contributed by atoms with Gasteiger partial charge in [-0.1, -0.05) is 13.3 Å². The Hall–Kier alpha value is -0.0800. The van der Waals surface area contributed by atoms with Crippen LogP contribution in [-0.2, 0) is 9.84 Å². The van der Waals surface area contributed by atoms with Crippen LogP contribution < -0.4 is 0 Å². The second-order valence-corrected chi connectivity index (χ2v) is 2.38. The average Bonchev–Trinajstić information content (AvgIpc) is 1.97. The fourth-order valence-corrected chi connectivity index (χ4v) is 0.655. The molecule has 0 saturated heterocycles. The molecule has 0 aliphatic heterocycles. The standard InChI is InChI=1S/C8H17O2/c1-2-3-7-10-8-5-4-6-9/h2-8H2,1H3. The lowest BCUT2D eigenvalue weighted by molar-refractivity contribution is 0.115. The van der Waals surface area contributed by atoms with Gasteiger partial charge in [0.25, 0.3) is 0 Å². The molecule has 61 valence electrons. The molecule has 1 radical (unpaired) electrons. The van der Waals surface area contributed by atoms with Gasteiger partial charge >= 0.3 is 0 Å². The van der Waals surface area contributed by atoms with Crippen molar-refractivity contribution in [2.45, 2.75) is 32.6 Å². The van der Waals surface area contributed by atoms with Gasteiger partial charge in [0.2, 0.25) is 0 Å². The Morgan fingerprint density at radius 3 is 2.40 bits per heavy atom. The predicted octanol–water partition coefficient (Wildman–Crippen LogP) is 2.01. The number of rotatable bonds is 7. The Morgan fingerprint density at radius 2 is 1.80 bits per heavy atom. The monoisotopic (exact) mass is 145 g/mol. The molecule has 2 nitrogen and oxygen atoms in total. The van der Waals surface area contributed by atoms with E-state index in [0.717, 1.165) is 32.5 Å². The molecule has 10 heavy (non-hydrogen) atoms. The number of hydrogen-bond donors (Lipinski definition) is 0. The molecule has 0 aliphatic rings. The molecule has 0 atom stereocenters. The summed E-state index contributed by atoms with van der Waals surface area (Å²) >= 11 is 0. The van der Waals surface area contributed by atoms with Crippen molar-refractivity contribution in [1.82, 2.24) is 0 Å². The van der Waals surface area contributed by atoms with Crippen LogP contribution in [0.2, 0.25) is 0 Å². The van der Waals surface area contributed by atoms with Crippen LogP contribution in [0.1, 0.15) is 32.6 Å². The van der Waals surface area contributed by atoms with Crippen molar-refractivity contribution in [1.29, 1.82) is 0 Å². The first-order chi connectivity index (χ1) is 4.91. The van der Waals surface area contributed by atoms with Crippen LogP contribution in [0.15, 0.2) is 0 Å². The van der Waals surface area contributed by atoms with Crippen LogP contribution in [-0.4, -0.2) is 19.8 Å². The third kappa shape index (κ3) is 7.92. The molecule has 0 spiro atoms. The van der Waals surface area contributed by atoms with Gasteiger partial charge in [-0.05, 0) is 19.3 Å². The van der Waals surface area contributed by atoms with E-state index >= 15 is 0 Å². The second-order valence-electron chi connectivity index (χ2n) is 2.38. The van der Waals surface area contributed by atoms with Crippen molar-refractivity contribution in [3.8, 4) is 0 Å². The summed E-state index contributed by atoms with van der Waals surface area (Å²) in [4.78, 5) is 0. The van der Waals surface area contributed by atoms with E-state index in [9.17, 15) is 5.11 Å². The molecule has 2 heteroatoms. The van der Waals surface area contributed by atoms with Gasteiger partial charge in [-0.3, -0.25) is 0 Å². The van der Waals surface area contributed by atoms with E-state index in [-0.39, 0.29) is 6.61 Å². The molecule has 0 fully saturated rings. The van der Waals surface area contributed by atoms with E-state index in [1.807, 2.05) is 0 Å². The van der Waals surface area contributed by atoms with Gasteiger partial charge in [0.15, 0.2) is 0 Å². The summed E-state index contributed by atoms with van der Waals surface area (Å²) < 4.78 is 5.24. The van der Waals surface area contributed by atoms with Crippen LogP contribution in [0.3, 0.4) is 0 Å². The molecule has 0 aromatic carbocycles. The van der Waals surface area contributed by atoms with E-state index in [2.05, 4.69) is 6.92 Å². The normalized spacial score (nSPS) is 10.2. The zero-order valence-corrected chi connectivity index (χ0v) is 6.77. The van der Waals surface area contributed by atoms with E-state index in [0.29, 0.717) is 0 Å². The van der Waals surface area contributed by atoms with Crippen LogP contribution in [0.25, 0.3) is 0 Å². The highest BCUT2D eigenvalue weighted by molar-refractivity contribution is 4.36. The van der Waals surface area contributed by atoms with Gasteiger partial charge in [0.1, 0.15) is 0 Å². The van der Waals surface area contributed by atoms with Gasteiger partial charge in [-0.15, -0.1) is 0 Å². The highest BCUT2D eigenvalue weighted by Gasteiger charge is 1.87. The lowest BCUT2D eigenvalue weighted by Gasteiger charge is -2.00. The fraction of sp³-hybridized carbons (Fsp3) is 1.00. The first-order valence-electron chi connectivity index (χ1n) is 4.07. The van der Waals surface area contributed by atoms with Crippen LogP contribution in [0, 0.1) is 0 Å². The van der Waals surface area contributed by atoms with E-state index < -0.39 is 0 Å². The maximum absolute atomic E-state index is 9.96. The van der Waals surface area contributed by atoms with E-state index in [1.54, 1.807) is 0 Å². The molecule has 0 aromatic heterocycles. The van der Waals surface area contributed by atoms with Crippen molar-refractivity contribution in [3.63, 3.8) is 0 Å². The summed E-state index contributed by atoms with van der Waals surface area (Å²) in [5, 5.41) is 9.96. The summed E-state index contributed by atoms with van der Waals surface area (Å²) in [7, 11) is 0. The van der Waals surface area contributed by atoms with Gasteiger partial charge in [-0.2, -0.15) is 0 Å². The second kappa shape index (κ2) is 8.92. The van der Waals surface area contributed by atoms with Gasteiger partial charge < -0.3 is 4.74 Å². The Bertz CT molecular complexity index is 47.2. The molecular weight excluding hydrogens is 128 g/mol. The summed E-state index contributed by atoms with van der Waals surface area (Å²) in [6.45, 7) is 3.80. The Labute approximate surface area is 63.2 Å². The molecule has 0 unspecified atom stereocenters. The summed E-state index contributed by atoms with van der Waals surface area (Å²) in [6, 6.07) is 0. The Morgan fingerprint density at radius 1 is 1.10 bits per heavy atom. The zero-order valence-electron chi connectivity index (χ0n) is 6.77. The van der Waals surface area contributed by atoms with Gasteiger partial charge in [0, 0.05) is 13.2 Å². The summed E-state index contributed by atoms with van der Waals surface area (Å²) in [5.74, 6) is 0. The smallest absolute Gasteiger partial charge is 0.0823 e. The minimum atomic E-state index is 0.0388. The molecule has 0 saturated carbocycles. The highest BCUT2D eigenvalue weighted by Crippen LogP contribution is 1.91. The van der Waals surface area contributed by atoms with Crippen molar-refractivity contribution >= 4 is 0 Å². The van der Waals surface area contributed by atoms with Crippen LogP contribution >= 0.6 is 0 Å². The minimum Gasteiger partial charge on any atom is -0.381 e. The Balaban J connectivity index is 2.65. The molecule has 0 rings (SSSR count). The first kappa shape index (κ1) is 9.92. The number of ether oxygens (including phenoxy) is 1. The maximum atomic E-state index is 9.96. The highest BCUT2D eigenvalue weighted by atomic mass is 16.5. The third-order valence-electron chi connectivity index (χ3n) is 1.33. The molecular formula is C8H17O2. The van der Waals surface area contributed by atoms with Crippen molar-refractivity contribution in [2.24, 2.45) is 0 Å². The predicted molar refractivity (Wildman–Crippen MR) is 40.5 cm³/mol. The SMILES string of the molecule is CCCCOCCCC[O]. The van der Waals surface area contributed by atoms with Crippen molar-refractivity contribution in [3.05, 3.63) is 0 Å². The third-order valence-corrected chi connectivity index (χ3v) is 1.33. The minimum absolute atomic E-state index is 0.0388. The largest absolute Gasteiger partial charge is 0.381 e. The molecule has 0 amide bonds. The average molecular weight is 145 g/mol. The zero-order chi connectivity index (χ0) is 7.66.